The molecule has 0 spiro atoms. The Balaban J connectivity index is 2.18. The zero-order valence-corrected chi connectivity index (χ0v) is 10.8. The first kappa shape index (κ1) is 11.7. The van der Waals surface area contributed by atoms with E-state index in [0.29, 0.717) is 12.1 Å². The Morgan fingerprint density at radius 3 is 2.77 bits per heavy atom. The molecule has 0 aliphatic carbocycles. The zero-order valence-electron chi connectivity index (χ0n) is 8.63. The summed E-state index contributed by atoms with van der Waals surface area (Å²) < 4.78 is 1.12. The summed E-state index contributed by atoms with van der Waals surface area (Å²) in [6, 6.07) is 0.673. The Morgan fingerprint density at radius 2 is 2.23 bits per heavy atom. The maximum absolute atomic E-state index is 5.68. The Labute approximate surface area is 95.1 Å². The summed E-state index contributed by atoms with van der Waals surface area (Å²) >= 11 is 2.40. The van der Waals surface area contributed by atoms with Crippen molar-refractivity contribution in [1.82, 2.24) is 5.06 Å². The van der Waals surface area contributed by atoms with E-state index in [1.165, 1.54) is 32.1 Å². The molecule has 0 aromatic rings. The molecule has 1 aliphatic rings. The Morgan fingerprint density at radius 1 is 1.46 bits per heavy atom. The lowest BCUT2D eigenvalue weighted by Crippen LogP contribution is -2.23. The van der Waals surface area contributed by atoms with Gasteiger partial charge in [-0.1, -0.05) is 48.8 Å². The third kappa shape index (κ3) is 3.72. The van der Waals surface area contributed by atoms with Gasteiger partial charge in [-0.3, -0.25) is 4.84 Å². The number of unbranched alkanes of at least 4 members (excludes halogenated alkanes) is 2. The third-order valence-electron chi connectivity index (χ3n) is 2.68. The van der Waals surface area contributed by atoms with Gasteiger partial charge in [0.2, 0.25) is 0 Å². The first-order chi connectivity index (χ1) is 6.27. The Hall–Kier alpha value is 0.650. The number of hydrogen-bond donors (Lipinski definition) is 0. The third-order valence-corrected chi connectivity index (χ3v) is 3.66. The minimum Gasteiger partial charge on any atom is -0.295 e. The largest absolute Gasteiger partial charge is 0.295 e. The Kier molecular flexibility index (Phi) is 5.58. The number of rotatable bonds is 5. The van der Waals surface area contributed by atoms with Crippen molar-refractivity contribution in [3.63, 3.8) is 0 Å². The van der Waals surface area contributed by atoms with Crippen LogP contribution in [-0.4, -0.2) is 28.7 Å². The van der Waals surface area contributed by atoms with Gasteiger partial charge in [0.1, 0.15) is 0 Å². The van der Waals surface area contributed by atoms with Gasteiger partial charge in [0, 0.05) is 17.5 Å². The molecule has 78 valence electrons. The van der Waals surface area contributed by atoms with Crippen LogP contribution in [0.4, 0.5) is 0 Å². The van der Waals surface area contributed by atoms with E-state index in [1.54, 1.807) is 0 Å². The van der Waals surface area contributed by atoms with E-state index in [4.69, 9.17) is 4.84 Å². The van der Waals surface area contributed by atoms with Crippen molar-refractivity contribution < 1.29 is 4.84 Å². The van der Waals surface area contributed by atoms with Crippen molar-refractivity contribution in [2.75, 3.05) is 11.5 Å². The van der Waals surface area contributed by atoms with Crippen LogP contribution < -0.4 is 0 Å². The molecular formula is C10H20INO. The van der Waals surface area contributed by atoms with Crippen molar-refractivity contribution in [3.8, 4) is 0 Å². The van der Waals surface area contributed by atoms with Gasteiger partial charge in [0.15, 0.2) is 0 Å². The lowest BCUT2D eigenvalue weighted by molar-refractivity contribution is -0.137. The lowest BCUT2D eigenvalue weighted by Gasteiger charge is -2.16. The molecular weight excluding hydrogens is 277 g/mol. The number of halogens is 1. The van der Waals surface area contributed by atoms with Gasteiger partial charge in [-0.2, -0.15) is 5.06 Å². The van der Waals surface area contributed by atoms with Gasteiger partial charge < -0.3 is 0 Å². The molecule has 1 heterocycles. The number of alkyl halides is 1. The summed E-state index contributed by atoms with van der Waals surface area (Å²) in [4.78, 5) is 5.68. The fraction of sp³-hybridized carbons (Fsp3) is 1.00. The molecule has 13 heavy (non-hydrogen) atoms. The van der Waals surface area contributed by atoms with Crippen molar-refractivity contribution in [1.29, 1.82) is 0 Å². The highest BCUT2D eigenvalue weighted by Gasteiger charge is 2.29. The second-order valence-corrected chi connectivity index (χ2v) is 4.69. The molecule has 0 bridgehead atoms. The second-order valence-electron chi connectivity index (χ2n) is 3.81. The normalized spacial score (nSPS) is 29.8. The highest BCUT2D eigenvalue weighted by molar-refractivity contribution is 14.1. The topological polar surface area (TPSA) is 12.5 Å². The van der Waals surface area contributed by atoms with Gasteiger partial charge in [0.05, 0.1) is 6.10 Å². The van der Waals surface area contributed by atoms with Crippen LogP contribution in [0.3, 0.4) is 0 Å². The molecule has 0 radical (unpaired) electrons. The van der Waals surface area contributed by atoms with Gasteiger partial charge >= 0.3 is 0 Å². The average molecular weight is 297 g/mol. The summed E-state index contributed by atoms with van der Waals surface area (Å²) in [5.41, 5.74) is 0. The van der Waals surface area contributed by atoms with E-state index in [-0.39, 0.29) is 0 Å². The molecule has 1 saturated heterocycles. The van der Waals surface area contributed by atoms with Crippen LogP contribution in [0, 0.1) is 0 Å². The predicted octanol–water partition coefficient (Wildman–Crippen LogP) is 3.01. The van der Waals surface area contributed by atoms with Crippen LogP contribution >= 0.6 is 22.6 Å². The SMILES string of the molecule is CCCCC[C@@H]1C[C@@H](CI)ON1C. The first-order valence-corrected chi connectivity index (χ1v) is 6.76. The van der Waals surface area contributed by atoms with E-state index in [9.17, 15) is 0 Å². The minimum atomic E-state index is 0.470. The average Bonchev–Trinajstić information content (AvgIpc) is 2.48. The van der Waals surface area contributed by atoms with Crippen molar-refractivity contribution in [3.05, 3.63) is 0 Å². The van der Waals surface area contributed by atoms with Crippen LogP contribution in [0.2, 0.25) is 0 Å². The van der Waals surface area contributed by atoms with E-state index in [0.717, 1.165) is 4.43 Å². The molecule has 1 fully saturated rings. The highest BCUT2D eigenvalue weighted by atomic mass is 127. The summed E-state index contributed by atoms with van der Waals surface area (Å²) in [5, 5.41) is 2.07. The molecule has 2 nitrogen and oxygen atoms in total. The molecule has 0 unspecified atom stereocenters. The maximum atomic E-state index is 5.68. The molecule has 0 aromatic heterocycles. The van der Waals surface area contributed by atoms with Crippen molar-refractivity contribution in [2.45, 2.75) is 51.2 Å². The summed E-state index contributed by atoms with van der Waals surface area (Å²) in [7, 11) is 2.07. The summed E-state index contributed by atoms with van der Waals surface area (Å²) in [5.74, 6) is 0. The molecule has 0 amide bonds. The molecule has 0 N–H and O–H groups in total. The van der Waals surface area contributed by atoms with Crippen molar-refractivity contribution >= 4 is 22.6 Å². The number of hydroxylamine groups is 2. The minimum absolute atomic E-state index is 0.470. The van der Waals surface area contributed by atoms with Gasteiger partial charge in [-0.15, -0.1) is 0 Å². The number of hydrogen-bond acceptors (Lipinski definition) is 2. The molecule has 0 saturated carbocycles. The maximum Gasteiger partial charge on any atom is 0.0898 e. The quantitative estimate of drug-likeness (QED) is 0.439. The Bertz CT molecular complexity index is 143. The van der Waals surface area contributed by atoms with Crippen LogP contribution in [0.5, 0.6) is 0 Å². The number of nitrogens with zero attached hydrogens (tertiary/aromatic N) is 1. The van der Waals surface area contributed by atoms with Gasteiger partial charge in [-0.25, -0.2) is 0 Å². The molecule has 1 aliphatic heterocycles. The zero-order chi connectivity index (χ0) is 9.68. The van der Waals surface area contributed by atoms with E-state index < -0.39 is 0 Å². The molecule has 0 aromatic carbocycles. The smallest absolute Gasteiger partial charge is 0.0898 e. The summed E-state index contributed by atoms with van der Waals surface area (Å²) in [6.07, 6.45) is 7.02. The first-order valence-electron chi connectivity index (χ1n) is 5.23. The summed E-state index contributed by atoms with van der Waals surface area (Å²) in [6.45, 7) is 2.25. The van der Waals surface area contributed by atoms with E-state index in [1.807, 2.05) is 0 Å². The second kappa shape index (κ2) is 6.19. The monoisotopic (exact) mass is 297 g/mol. The standard InChI is InChI=1S/C10H20INO/c1-3-4-5-6-9-7-10(8-11)13-12(9)2/h9-10H,3-8H2,1-2H3/t9-,10+/m1/s1. The fourth-order valence-corrected chi connectivity index (χ4v) is 2.36. The van der Waals surface area contributed by atoms with E-state index in [2.05, 4.69) is 41.6 Å². The van der Waals surface area contributed by atoms with Crippen LogP contribution in [0.1, 0.15) is 39.0 Å². The van der Waals surface area contributed by atoms with Crippen LogP contribution in [-0.2, 0) is 4.84 Å². The van der Waals surface area contributed by atoms with E-state index >= 15 is 0 Å². The van der Waals surface area contributed by atoms with Gasteiger partial charge in [0.25, 0.3) is 0 Å². The molecule has 3 heteroatoms. The lowest BCUT2D eigenvalue weighted by atomic mass is 10.0. The van der Waals surface area contributed by atoms with Crippen LogP contribution in [0.15, 0.2) is 0 Å². The van der Waals surface area contributed by atoms with Crippen LogP contribution in [0.25, 0.3) is 0 Å². The molecule has 2 atom stereocenters. The molecule has 1 rings (SSSR count). The van der Waals surface area contributed by atoms with Crippen molar-refractivity contribution in [2.24, 2.45) is 0 Å². The highest BCUT2D eigenvalue weighted by Crippen LogP contribution is 2.24. The predicted molar refractivity (Wildman–Crippen MR) is 64.1 cm³/mol. The fourth-order valence-electron chi connectivity index (χ4n) is 1.84. The van der Waals surface area contributed by atoms with Gasteiger partial charge in [-0.05, 0) is 12.8 Å².